The van der Waals surface area contributed by atoms with Crippen molar-refractivity contribution in [3.05, 3.63) is 77.4 Å². The van der Waals surface area contributed by atoms with Gasteiger partial charge in [-0.15, -0.1) is 0 Å². The molecule has 1 aromatic heterocycles. The summed E-state index contributed by atoms with van der Waals surface area (Å²) in [6, 6.07) is 11.3. The third kappa shape index (κ3) is 5.00. The topological polar surface area (TPSA) is 56.6 Å². The smallest absolute Gasteiger partial charge is 0.318 e. The minimum atomic E-state index is -0.282. The highest BCUT2D eigenvalue weighted by Crippen LogP contribution is 2.23. The van der Waals surface area contributed by atoms with Gasteiger partial charge in [-0.25, -0.2) is 18.6 Å². The Balaban J connectivity index is 1.17. The average molecular weight is 481 g/mol. The van der Waals surface area contributed by atoms with E-state index in [0.29, 0.717) is 25.2 Å². The van der Waals surface area contributed by atoms with Gasteiger partial charge in [0.2, 0.25) is 0 Å². The molecule has 0 spiro atoms. The Kier molecular flexibility index (Phi) is 6.68. The van der Waals surface area contributed by atoms with Gasteiger partial charge in [-0.2, -0.15) is 0 Å². The fourth-order valence-corrected chi connectivity index (χ4v) is 4.82. The van der Waals surface area contributed by atoms with Crippen LogP contribution < -0.4 is 10.2 Å². The summed E-state index contributed by atoms with van der Waals surface area (Å²) in [5.41, 5.74) is 4.05. The molecular weight excluding hydrogens is 450 g/mol. The summed E-state index contributed by atoms with van der Waals surface area (Å²) in [4.78, 5) is 23.4. The number of rotatable bonds is 5. The van der Waals surface area contributed by atoms with Crippen molar-refractivity contribution in [2.75, 3.05) is 44.2 Å². The average Bonchev–Trinajstić information content (AvgIpc) is 3.31. The number of amides is 2. The summed E-state index contributed by atoms with van der Waals surface area (Å²) in [6.45, 7) is 7.86. The van der Waals surface area contributed by atoms with Crippen LogP contribution in [0.1, 0.15) is 23.9 Å². The van der Waals surface area contributed by atoms with Crippen LogP contribution in [0.15, 0.2) is 48.8 Å². The number of aromatic nitrogens is 2. The Bertz CT molecular complexity index is 1190. The number of hydrogen-bond acceptors (Lipinski definition) is 4. The van der Waals surface area contributed by atoms with E-state index in [9.17, 15) is 13.6 Å². The number of carbonyl (C=O) groups excluding carboxylic acids is 1. The van der Waals surface area contributed by atoms with Crippen LogP contribution >= 0.6 is 0 Å². The lowest BCUT2D eigenvalue weighted by Gasteiger charge is -2.35. The van der Waals surface area contributed by atoms with Crippen LogP contribution in [0.5, 0.6) is 0 Å². The van der Waals surface area contributed by atoms with Gasteiger partial charge in [0.1, 0.15) is 11.6 Å². The summed E-state index contributed by atoms with van der Waals surface area (Å²) in [6.07, 6.45) is 2.36. The molecule has 0 saturated carbocycles. The molecule has 2 aliphatic rings. The monoisotopic (exact) mass is 480 g/mol. The highest BCUT2D eigenvalue weighted by atomic mass is 19.1. The van der Waals surface area contributed by atoms with E-state index in [1.807, 2.05) is 16.7 Å². The van der Waals surface area contributed by atoms with Crippen LogP contribution in [0.2, 0.25) is 0 Å². The number of anilines is 1. The molecule has 2 aliphatic heterocycles. The van der Waals surface area contributed by atoms with Gasteiger partial charge in [-0.05, 0) is 48.5 Å². The maximum atomic E-state index is 14.8. The predicted octanol–water partition coefficient (Wildman–Crippen LogP) is 3.56. The lowest BCUT2D eigenvalue weighted by molar-refractivity contribution is 0.190. The third-order valence-electron chi connectivity index (χ3n) is 6.92. The van der Waals surface area contributed by atoms with E-state index in [1.54, 1.807) is 23.4 Å². The Hall–Kier alpha value is -3.46. The van der Waals surface area contributed by atoms with E-state index in [4.69, 9.17) is 0 Å². The lowest BCUT2D eigenvalue weighted by atomic mass is 10.1. The number of urea groups is 1. The molecule has 0 aliphatic carbocycles. The fourth-order valence-electron chi connectivity index (χ4n) is 4.82. The van der Waals surface area contributed by atoms with Crippen molar-refractivity contribution >= 4 is 11.7 Å². The number of piperazine rings is 1. The zero-order chi connectivity index (χ0) is 24.4. The molecule has 0 unspecified atom stereocenters. The second-order valence-electron chi connectivity index (χ2n) is 9.02. The van der Waals surface area contributed by atoms with Crippen molar-refractivity contribution in [3.63, 3.8) is 0 Å². The molecule has 0 atom stereocenters. The molecule has 2 amide bonds. The van der Waals surface area contributed by atoms with E-state index in [-0.39, 0.29) is 24.2 Å². The number of imidazole rings is 1. The van der Waals surface area contributed by atoms with Crippen molar-refractivity contribution in [3.8, 4) is 5.69 Å². The summed E-state index contributed by atoms with van der Waals surface area (Å²) < 4.78 is 30.0. The molecule has 35 heavy (non-hydrogen) atoms. The minimum Gasteiger partial charge on any atom is -0.367 e. The van der Waals surface area contributed by atoms with Crippen LogP contribution in [0, 0.1) is 11.6 Å². The SMILES string of the molecule is CCN1CCN(c2ccc(CNC(=O)N3CCc4c(ncn4-c4ccc(F)cc4)C3)cc2F)CC1. The molecule has 3 heterocycles. The van der Waals surface area contributed by atoms with E-state index >= 15 is 0 Å². The third-order valence-corrected chi connectivity index (χ3v) is 6.92. The van der Waals surface area contributed by atoms with Crippen molar-refractivity contribution in [2.24, 2.45) is 0 Å². The molecule has 5 rings (SSSR count). The summed E-state index contributed by atoms with van der Waals surface area (Å²) in [5.74, 6) is -0.537. The van der Waals surface area contributed by atoms with E-state index in [0.717, 1.165) is 55.4 Å². The van der Waals surface area contributed by atoms with Crippen LogP contribution in [-0.4, -0.2) is 64.7 Å². The molecule has 2 aromatic carbocycles. The van der Waals surface area contributed by atoms with Crippen molar-refractivity contribution in [1.29, 1.82) is 0 Å². The Morgan fingerprint density at radius 2 is 1.80 bits per heavy atom. The predicted molar refractivity (Wildman–Crippen MR) is 131 cm³/mol. The molecule has 0 bridgehead atoms. The summed E-state index contributed by atoms with van der Waals surface area (Å²) in [7, 11) is 0. The van der Waals surface area contributed by atoms with Gasteiger partial charge in [-0.3, -0.25) is 0 Å². The molecule has 1 saturated heterocycles. The number of likely N-dealkylation sites (N-methyl/N-ethyl adjacent to an activating group) is 1. The molecule has 3 aromatic rings. The van der Waals surface area contributed by atoms with Gasteiger partial charge in [-0.1, -0.05) is 13.0 Å². The fraction of sp³-hybridized carbons (Fsp3) is 0.385. The first-order valence-electron chi connectivity index (χ1n) is 12.1. The standard InChI is InChI=1S/C26H30F2N6O/c1-2-31-11-13-32(14-12-31)24-8-3-19(15-22(24)28)16-29-26(35)33-10-9-25-23(17-33)30-18-34(25)21-6-4-20(27)5-7-21/h3-8,15,18H,2,9-14,16-17H2,1H3,(H,29,35). The molecule has 0 radical (unpaired) electrons. The number of nitrogens with zero attached hydrogens (tertiary/aromatic N) is 5. The Labute approximate surface area is 204 Å². The van der Waals surface area contributed by atoms with E-state index in [1.165, 1.54) is 18.2 Å². The molecule has 184 valence electrons. The summed E-state index contributed by atoms with van der Waals surface area (Å²) in [5, 5.41) is 2.91. The number of nitrogens with one attached hydrogen (secondary N) is 1. The van der Waals surface area contributed by atoms with Crippen molar-refractivity contribution in [2.45, 2.75) is 26.4 Å². The number of hydrogen-bond donors (Lipinski definition) is 1. The first-order chi connectivity index (χ1) is 17.0. The van der Waals surface area contributed by atoms with Crippen LogP contribution in [0.4, 0.5) is 19.3 Å². The zero-order valence-electron chi connectivity index (χ0n) is 19.9. The van der Waals surface area contributed by atoms with E-state index < -0.39 is 0 Å². The molecule has 1 N–H and O–H groups in total. The molecule has 1 fully saturated rings. The minimum absolute atomic E-state index is 0.202. The normalized spacial score (nSPS) is 16.3. The lowest BCUT2D eigenvalue weighted by Crippen LogP contribution is -2.46. The van der Waals surface area contributed by atoms with E-state index in [2.05, 4.69) is 27.0 Å². The molecule has 9 heteroatoms. The number of halogens is 2. The van der Waals surface area contributed by atoms with Crippen molar-refractivity contribution < 1.29 is 13.6 Å². The highest BCUT2D eigenvalue weighted by molar-refractivity contribution is 5.74. The second-order valence-corrected chi connectivity index (χ2v) is 9.02. The Morgan fingerprint density at radius 1 is 1.03 bits per heavy atom. The van der Waals surface area contributed by atoms with Gasteiger partial charge < -0.3 is 24.6 Å². The van der Waals surface area contributed by atoms with Crippen LogP contribution in [0.25, 0.3) is 5.69 Å². The maximum absolute atomic E-state index is 14.8. The summed E-state index contributed by atoms with van der Waals surface area (Å²) >= 11 is 0. The molecular formula is C26H30F2N6O. The second kappa shape index (κ2) is 10.0. The first kappa shape index (κ1) is 23.3. The highest BCUT2D eigenvalue weighted by Gasteiger charge is 2.25. The first-order valence-corrected chi connectivity index (χ1v) is 12.1. The van der Waals surface area contributed by atoms with Gasteiger partial charge >= 0.3 is 6.03 Å². The largest absolute Gasteiger partial charge is 0.367 e. The van der Waals surface area contributed by atoms with Gasteiger partial charge in [0.15, 0.2) is 0 Å². The van der Waals surface area contributed by atoms with Gasteiger partial charge in [0.25, 0.3) is 0 Å². The number of fused-ring (bicyclic) bond motifs is 1. The molecule has 7 nitrogen and oxygen atoms in total. The maximum Gasteiger partial charge on any atom is 0.318 e. The number of benzene rings is 2. The number of carbonyl (C=O) groups is 1. The van der Waals surface area contributed by atoms with Crippen molar-refractivity contribution in [1.82, 2.24) is 24.7 Å². The zero-order valence-corrected chi connectivity index (χ0v) is 19.9. The van der Waals surface area contributed by atoms with Gasteiger partial charge in [0, 0.05) is 57.1 Å². The van der Waals surface area contributed by atoms with Crippen LogP contribution in [-0.2, 0) is 19.5 Å². The van der Waals surface area contributed by atoms with Gasteiger partial charge in [0.05, 0.1) is 24.3 Å². The Morgan fingerprint density at radius 3 is 2.51 bits per heavy atom. The quantitative estimate of drug-likeness (QED) is 0.607. The van der Waals surface area contributed by atoms with Crippen LogP contribution in [0.3, 0.4) is 0 Å².